The summed E-state index contributed by atoms with van der Waals surface area (Å²) in [5, 5.41) is 3.22. The van der Waals surface area contributed by atoms with Crippen molar-refractivity contribution in [2.24, 2.45) is 0 Å². The first-order chi connectivity index (χ1) is 9.81. The van der Waals surface area contributed by atoms with E-state index in [-0.39, 0.29) is 0 Å². The van der Waals surface area contributed by atoms with Crippen LogP contribution >= 0.6 is 0 Å². The van der Waals surface area contributed by atoms with Crippen molar-refractivity contribution < 1.29 is 4.74 Å². The summed E-state index contributed by atoms with van der Waals surface area (Å²) < 4.78 is 5.51. The van der Waals surface area contributed by atoms with Crippen LogP contribution in [0.2, 0.25) is 0 Å². The standard InChI is InChI=1S/C15H22N4O/c1-2-3-10-20-11-6-9-17-15-14(16)18-12-7-4-5-8-13(12)19-15/h4-5,7-8H,2-3,6,9-11H2,1H3,(H2,16,18)(H,17,19). The van der Waals surface area contributed by atoms with Crippen LogP contribution in [0.4, 0.5) is 11.6 Å². The molecule has 0 spiro atoms. The summed E-state index contributed by atoms with van der Waals surface area (Å²) in [6.45, 7) is 4.54. The molecule has 1 heterocycles. The van der Waals surface area contributed by atoms with Crippen molar-refractivity contribution >= 4 is 22.7 Å². The van der Waals surface area contributed by atoms with Crippen LogP contribution in [-0.4, -0.2) is 29.7 Å². The highest BCUT2D eigenvalue weighted by atomic mass is 16.5. The Bertz CT molecular complexity index is 544. The molecule has 2 rings (SSSR count). The van der Waals surface area contributed by atoms with Crippen molar-refractivity contribution in [2.75, 3.05) is 30.8 Å². The molecule has 3 N–H and O–H groups in total. The summed E-state index contributed by atoms with van der Waals surface area (Å²) in [5.74, 6) is 1.09. The predicted octanol–water partition coefficient (Wildman–Crippen LogP) is 2.83. The van der Waals surface area contributed by atoms with Crippen molar-refractivity contribution in [1.82, 2.24) is 9.97 Å². The molecule has 20 heavy (non-hydrogen) atoms. The van der Waals surface area contributed by atoms with E-state index in [0.717, 1.165) is 43.6 Å². The number of nitrogens with zero attached hydrogens (tertiary/aromatic N) is 2. The normalized spacial score (nSPS) is 10.8. The number of anilines is 2. The van der Waals surface area contributed by atoms with E-state index in [1.54, 1.807) is 0 Å². The Labute approximate surface area is 119 Å². The molecule has 0 unspecified atom stereocenters. The van der Waals surface area contributed by atoms with Gasteiger partial charge in [0.15, 0.2) is 11.6 Å². The number of hydrogen-bond acceptors (Lipinski definition) is 5. The van der Waals surface area contributed by atoms with E-state index in [2.05, 4.69) is 22.2 Å². The van der Waals surface area contributed by atoms with Gasteiger partial charge in [-0.15, -0.1) is 0 Å². The largest absolute Gasteiger partial charge is 0.381 e. The van der Waals surface area contributed by atoms with E-state index >= 15 is 0 Å². The van der Waals surface area contributed by atoms with Gasteiger partial charge >= 0.3 is 0 Å². The molecular weight excluding hydrogens is 252 g/mol. The Hall–Kier alpha value is -1.88. The first-order valence-corrected chi connectivity index (χ1v) is 7.15. The summed E-state index contributed by atoms with van der Waals surface area (Å²) in [6.07, 6.45) is 3.22. The third kappa shape index (κ3) is 4.06. The fourth-order valence-electron chi connectivity index (χ4n) is 1.87. The van der Waals surface area contributed by atoms with E-state index in [9.17, 15) is 0 Å². The number of nitrogens with two attached hydrogens (primary N) is 1. The zero-order chi connectivity index (χ0) is 14.2. The first kappa shape index (κ1) is 14.5. The number of para-hydroxylation sites is 2. The number of fused-ring (bicyclic) bond motifs is 1. The summed E-state index contributed by atoms with van der Waals surface area (Å²) in [5.41, 5.74) is 7.57. The lowest BCUT2D eigenvalue weighted by atomic mass is 10.3. The molecule has 0 fully saturated rings. The molecule has 5 heteroatoms. The van der Waals surface area contributed by atoms with Crippen molar-refractivity contribution in [3.8, 4) is 0 Å². The van der Waals surface area contributed by atoms with Gasteiger partial charge in [-0.25, -0.2) is 9.97 Å². The third-order valence-corrected chi connectivity index (χ3v) is 3.00. The Morgan fingerprint density at radius 2 is 1.80 bits per heavy atom. The van der Waals surface area contributed by atoms with E-state index in [1.165, 1.54) is 6.42 Å². The number of rotatable bonds is 8. The Kier molecular flexibility index (Phi) is 5.55. The average molecular weight is 274 g/mol. The predicted molar refractivity (Wildman–Crippen MR) is 82.8 cm³/mol. The van der Waals surface area contributed by atoms with Gasteiger partial charge in [-0.05, 0) is 25.0 Å². The van der Waals surface area contributed by atoms with Crippen LogP contribution in [-0.2, 0) is 4.74 Å². The molecule has 2 aromatic rings. The molecule has 0 aliphatic carbocycles. The molecule has 0 aliphatic heterocycles. The molecule has 0 saturated carbocycles. The summed E-state index contributed by atoms with van der Waals surface area (Å²) in [7, 11) is 0. The van der Waals surface area contributed by atoms with Crippen molar-refractivity contribution in [2.45, 2.75) is 26.2 Å². The molecule has 1 aromatic heterocycles. The number of aromatic nitrogens is 2. The van der Waals surface area contributed by atoms with E-state index < -0.39 is 0 Å². The molecule has 5 nitrogen and oxygen atoms in total. The van der Waals surface area contributed by atoms with Gasteiger partial charge in [0.25, 0.3) is 0 Å². The number of benzene rings is 1. The summed E-state index contributed by atoms with van der Waals surface area (Å²) >= 11 is 0. The molecule has 0 radical (unpaired) electrons. The lowest BCUT2D eigenvalue weighted by molar-refractivity contribution is 0.131. The Morgan fingerprint density at radius 1 is 1.10 bits per heavy atom. The fraction of sp³-hybridized carbons (Fsp3) is 0.467. The monoisotopic (exact) mass is 274 g/mol. The Morgan fingerprint density at radius 3 is 2.55 bits per heavy atom. The van der Waals surface area contributed by atoms with Gasteiger partial charge in [-0.1, -0.05) is 25.5 Å². The SMILES string of the molecule is CCCCOCCCNc1nc2ccccc2nc1N. The Balaban J connectivity index is 1.82. The second-order valence-electron chi connectivity index (χ2n) is 4.69. The summed E-state index contributed by atoms with van der Waals surface area (Å²) in [4.78, 5) is 8.82. The van der Waals surface area contributed by atoms with Crippen molar-refractivity contribution in [1.29, 1.82) is 0 Å². The van der Waals surface area contributed by atoms with E-state index in [4.69, 9.17) is 10.5 Å². The van der Waals surface area contributed by atoms with Crippen LogP contribution < -0.4 is 11.1 Å². The molecule has 0 bridgehead atoms. The average Bonchev–Trinajstić information content (AvgIpc) is 2.46. The van der Waals surface area contributed by atoms with Crippen LogP contribution in [0.15, 0.2) is 24.3 Å². The minimum atomic E-state index is 0.440. The highest BCUT2D eigenvalue weighted by Gasteiger charge is 2.04. The van der Waals surface area contributed by atoms with Crippen molar-refractivity contribution in [3.05, 3.63) is 24.3 Å². The molecule has 0 saturated heterocycles. The third-order valence-electron chi connectivity index (χ3n) is 3.00. The highest BCUT2D eigenvalue weighted by molar-refractivity contribution is 5.79. The number of nitrogen functional groups attached to an aromatic ring is 1. The molecule has 1 aromatic carbocycles. The van der Waals surface area contributed by atoms with Gasteiger partial charge in [0, 0.05) is 19.8 Å². The number of unbranched alkanes of at least 4 members (excludes halogenated alkanes) is 1. The first-order valence-electron chi connectivity index (χ1n) is 7.15. The fourth-order valence-corrected chi connectivity index (χ4v) is 1.87. The summed E-state index contributed by atoms with van der Waals surface area (Å²) in [6, 6.07) is 7.71. The van der Waals surface area contributed by atoms with Gasteiger partial charge in [-0.2, -0.15) is 0 Å². The molecule has 0 atom stereocenters. The lowest BCUT2D eigenvalue weighted by Crippen LogP contribution is -2.10. The van der Waals surface area contributed by atoms with Crippen LogP contribution in [0, 0.1) is 0 Å². The second kappa shape index (κ2) is 7.65. The minimum absolute atomic E-state index is 0.440. The zero-order valence-electron chi connectivity index (χ0n) is 11.9. The van der Waals surface area contributed by atoms with Gasteiger partial charge in [0.1, 0.15) is 0 Å². The van der Waals surface area contributed by atoms with Crippen LogP contribution in [0.25, 0.3) is 11.0 Å². The van der Waals surface area contributed by atoms with Gasteiger partial charge < -0.3 is 15.8 Å². The lowest BCUT2D eigenvalue weighted by Gasteiger charge is -2.09. The van der Waals surface area contributed by atoms with E-state index in [1.807, 2.05) is 24.3 Å². The maximum atomic E-state index is 5.90. The molecule has 0 amide bonds. The quantitative estimate of drug-likeness (QED) is 0.724. The van der Waals surface area contributed by atoms with Crippen LogP contribution in [0.1, 0.15) is 26.2 Å². The van der Waals surface area contributed by atoms with Gasteiger partial charge in [-0.3, -0.25) is 0 Å². The number of ether oxygens (including phenoxy) is 1. The minimum Gasteiger partial charge on any atom is -0.381 e. The smallest absolute Gasteiger partial charge is 0.169 e. The molecule has 0 aliphatic rings. The highest BCUT2D eigenvalue weighted by Crippen LogP contribution is 2.18. The van der Waals surface area contributed by atoms with Gasteiger partial charge in [0.05, 0.1) is 11.0 Å². The van der Waals surface area contributed by atoms with Crippen LogP contribution in [0.3, 0.4) is 0 Å². The maximum Gasteiger partial charge on any atom is 0.169 e. The number of nitrogens with one attached hydrogen (secondary N) is 1. The second-order valence-corrected chi connectivity index (χ2v) is 4.69. The van der Waals surface area contributed by atoms with Gasteiger partial charge in [0.2, 0.25) is 0 Å². The molecule has 108 valence electrons. The topological polar surface area (TPSA) is 73.1 Å². The number of hydrogen-bond donors (Lipinski definition) is 2. The maximum absolute atomic E-state index is 5.90. The van der Waals surface area contributed by atoms with Crippen molar-refractivity contribution in [3.63, 3.8) is 0 Å². The van der Waals surface area contributed by atoms with Crippen LogP contribution in [0.5, 0.6) is 0 Å². The zero-order valence-corrected chi connectivity index (χ0v) is 11.9. The van der Waals surface area contributed by atoms with E-state index in [0.29, 0.717) is 11.6 Å². The molecular formula is C15H22N4O.